The number of halogens is 3. The van der Waals surface area contributed by atoms with Gasteiger partial charge in [-0.15, -0.1) is 13.2 Å². The predicted octanol–water partition coefficient (Wildman–Crippen LogP) is 2.01. The molecule has 0 heterocycles. The normalized spacial score (nSPS) is 13.6. The molecular weight excluding hydrogens is 223 g/mol. The summed E-state index contributed by atoms with van der Waals surface area (Å²) in [5.41, 5.74) is 0.600. The van der Waals surface area contributed by atoms with E-state index in [0.29, 0.717) is 5.56 Å². The fourth-order valence-electron chi connectivity index (χ4n) is 1.12. The van der Waals surface area contributed by atoms with Gasteiger partial charge in [0.05, 0.1) is 0 Å². The van der Waals surface area contributed by atoms with Crippen molar-refractivity contribution in [2.75, 3.05) is 0 Å². The average Bonchev–Trinajstić information content (AvgIpc) is 2.12. The van der Waals surface area contributed by atoms with E-state index in [0.717, 1.165) is 0 Å². The van der Waals surface area contributed by atoms with Gasteiger partial charge in [0, 0.05) is 6.54 Å². The number of ether oxygens (including phenoxy) is 1. The summed E-state index contributed by atoms with van der Waals surface area (Å²) in [4.78, 5) is 0. The third-order valence-electron chi connectivity index (χ3n) is 1.73. The molecule has 0 amide bonds. The van der Waals surface area contributed by atoms with Gasteiger partial charge >= 0.3 is 6.36 Å². The van der Waals surface area contributed by atoms with E-state index in [1.165, 1.54) is 25.1 Å². The molecule has 0 saturated heterocycles. The SMILES string of the molecule is CC(O)NCc1cccc(OC(F)(F)F)c1. The summed E-state index contributed by atoms with van der Waals surface area (Å²) in [6.07, 6.45) is -5.40. The number of aliphatic hydroxyl groups is 1. The third kappa shape index (κ3) is 4.99. The van der Waals surface area contributed by atoms with Gasteiger partial charge in [0.15, 0.2) is 0 Å². The highest BCUT2D eigenvalue weighted by Crippen LogP contribution is 2.23. The molecule has 2 N–H and O–H groups in total. The smallest absolute Gasteiger partial charge is 0.406 e. The maximum Gasteiger partial charge on any atom is 0.573 e. The molecule has 0 aliphatic heterocycles. The van der Waals surface area contributed by atoms with Crippen LogP contribution in [0.3, 0.4) is 0 Å². The van der Waals surface area contributed by atoms with Crippen molar-refractivity contribution in [1.29, 1.82) is 0 Å². The van der Waals surface area contributed by atoms with E-state index in [1.807, 2.05) is 0 Å². The number of aliphatic hydroxyl groups excluding tert-OH is 1. The first-order valence-corrected chi connectivity index (χ1v) is 4.63. The summed E-state index contributed by atoms with van der Waals surface area (Å²) in [7, 11) is 0. The number of benzene rings is 1. The molecule has 0 spiro atoms. The van der Waals surface area contributed by atoms with E-state index in [2.05, 4.69) is 10.1 Å². The van der Waals surface area contributed by atoms with Crippen LogP contribution in [-0.2, 0) is 6.54 Å². The first-order valence-electron chi connectivity index (χ1n) is 4.63. The Morgan fingerprint density at radius 2 is 2.12 bits per heavy atom. The number of rotatable bonds is 4. The fourth-order valence-corrected chi connectivity index (χ4v) is 1.12. The zero-order valence-corrected chi connectivity index (χ0v) is 8.58. The number of nitrogens with one attached hydrogen (secondary N) is 1. The first kappa shape index (κ1) is 12.8. The van der Waals surface area contributed by atoms with E-state index in [4.69, 9.17) is 5.11 Å². The maximum atomic E-state index is 11.9. The predicted molar refractivity (Wildman–Crippen MR) is 51.6 cm³/mol. The molecule has 0 bridgehead atoms. The molecule has 0 saturated carbocycles. The van der Waals surface area contributed by atoms with Crippen molar-refractivity contribution < 1.29 is 23.0 Å². The molecule has 0 aromatic heterocycles. The van der Waals surface area contributed by atoms with E-state index in [-0.39, 0.29) is 12.3 Å². The number of hydrogen-bond acceptors (Lipinski definition) is 3. The lowest BCUT2D eigenvalue weighted by molar-refractivity contribution is -0.274. The lowest BCUT2D eigenvalue weighted by Gasteiger charge is -2.11. The highest BCUT2D eigenvalue weighted by atomic mass is 19.4. The first-order chi connectivity index (χ1) is 7.37. The molecule has 90 valence electrons. The van der Waals surface area contributed by atoms with Crippen molar-refractivity contribution in [1.82, 2.24) is 5.32 Å². The second kappa shape index (κ2) is 5.18. The maximum absolute atomic E-state index is 11.9. The summed E-state index contributed by atoms with van der Waals surface area (Å²) in [6, 6.07) is 5.58. The van der Waals surface area contributed by atoms with E-state index in [9.17, 15) is 13.2 Å². The third-order valence-corrected chi connectivity index (χ3v) is 1.73. The van der Waals surface area contributed by atoms with Crippen LogP contribution in [0.5, 0.6) is 5.75 Å². The van der Waals surface area contributed by atoms with Crippen LogP contribution in [0.1, 0.15) is 12.5 Å². The van der Waals surface area contributed by atoms with Crippen LogP contribution in [0, 0.1) is 0 Å². The van der Waals surface area contributed by atoms with Gasteiger partial charge in [-0.3, -0.25) is 5.32 Å². The Labute approximate surface area is 90.8 Å². The Morgan fingerprint density at radius 3 is 2.69 bits per heavy atom. The van der Waals surface area contributed by atoms with Gasteiger partial charge in [0.1, 0.15) is 12.0 Å². The standard InChI is InChI=1S/C10H12F3NO2/c1-7(15)14-6-8-3-2-4-9(5-8)16-10(11,12)13/h2-5,7,14-15H,6H2,1H3. The van der Waals surface area contributed by atoms with Crippen molar-refractivity contribution >= 4 is 0 Å². The molecule has 1 atom stereocenters. The Balaban J connectivity index is 2.64. The Hall–Kier alpha value is -1.27. The molecule has 1 aromatic rings. The molecule has 0 radical (unpaired) electrons. The quantitative estimate of drug-likeness (QED) is 0.784. The number of alkyl halides is 3. The minimum absolute atomic E-state index is 0.266. The van der Waals surface area contributed by atoms with E-state index >= 15 is 0 Å². The van der Waals surface area contributed by atoms with Crippen LogP contribution >= 0.6 is 0 Å². The van der Waals surface area contributed by atoms with Gasteiger partial charge in [-0.2, -0.15) is 0 Å². The van der Waals surface area contributed by atoms with Gasteiger partial charge in [0.2, 0.25) is 0 Å². The van der Waals surface area contributed by atoms with Crippen molar-refractivity contribution in [3.63, 3.8) is 0 Å². The molecule has 1 unspecified atom stereocenters. The summed E-state index contributed by atoms with van der Waals surface area (Å²) in [5, 5.41) is 11.6. The molecule has 16 heavy (non-hydrogen) atoms. The summed E-state index contributed by atoms with van der Waals surface area (Å²) in [5.74, 6) is -0.266. The summed E-state index contributed by atoms with van der Waals surface area (Å²) >= 11 is 0. The molecular formula is C10H12F3NO2. The van der Waals surface area contributed by atoms with Crippen LogP contribution in [0.4, 0.5) is 13.2 Å². The Bertz CT molecular complexity index is 339. The number of hydrogen-bond donors (Lipinski definition) is 2. The Morgan fingerprint density at radius 1 is 1.44 bits per heavy atom. The highest BCUT2D eigenvalue weighted by Gasteiger charge is 2.31. The van der Waals surface area contributed by atoms with Crippen LogP contribution in [0.25, 0.3) is 0 Å². The highest BCUT2D eigenvalue weighted by molar-refractivity contribution is 5.28. The zero-order chi connectivity index (χ0) is 12.2. The topological polar surface area (TPSA) is 41.5 Å². The fraction of sp³-hybridized carbons (Fsp3) is 0.400. The molecule has 1 aromatic carbocycles. The van der Waals surface area contributed by atoms with Gasteiger partial charge in [-0.05, 0) is 24.6 Å². The largest absolute Gasteiger partial charge is 0.573 e. The van der Waals surface area contributed by atoms with E-state index < -0.39 is 12.6 Å². The monoisotopic (exact) mass is 235 g/mol. The average molecular weight is 235 g/mol. The van der Waals surface area contributed by atoms with Crippen molar-refractivity contribution in [3.05, 3.63) is 29.8 Å². The Kier molecular flexibility index (Phi) is 4.14. The van der Waals surface area contributed by atoms with Crippen molar-refractivity contribution in [2.45, 2.75) is 26.1 Å². The summed E-state index contributed by atoms with van der Waals surface area (Å²) in [6.45, 7) is 1.79. The second-order valence-corrected chi connectivity index (χ2v) is 3.25. The van der Waals surface area contributed by atoms with Gasteiger partial charge in [-0.25, -0.2) is 0 Å². The lowest BCUT2D eigenvalue weighted by Crippen LogP contribution is -2.24. The molecule has 6 heteroatoms. The minimum atomic E-state index is -4.68. The van der Waals surface area contributed by atoms with Crippen LogP contribution in [0.2, 0.25) is 0 Å². The molecule has 0 aliphatic rings. The zero-order valence-electron chi connectivity index (χ0n) is 8.58. The lowest BCUT2D eigenvalue weighted by atomic mass is 10.2. The minimum Gasteiger partial charge on any atom is -0.406 e. The summed E-state index contributed by atoms with van der Waals surface area (Å²) < 4.78 is 39.5. The van der Waals surface area contributed by atoms with Crippen LogP contribution in [-0.4, -0.2) is 17.7 Å². The van der Waals surface area contributed by atoms with E-state index in [1.54, 1.807) is 6.07 Å². The van der Waals surface area contributed by atoms with Crippen molar-refractivity contribution in [3.8, 4) is 5.75 Å². The second-order valence-electron chi connectivity index (χ2n) is 3.25. The van der Waals surface area contributed by atoms with Crippen molar-refractivity contribution in [2.24, 2.45) is 0 Å². The molecule has 0 fully saturated rings. The van der Waals surface area contributed by atoms with Gasteiger partial charge in [-0.1, -0.05) is 12.1 Å². The van der Waals surface area contributed by atoms with Crippen LogP contribution in [0.15, 0.2) is 24.3 Å². The molecule has 3 nitrogen and oxygen atoms in total. The van der Waals surface area contributed by atoms with Gasteiger partial charge in [0.25, 0.3) is 0 Å². The van der Waals surface area contributed by atoms with Gasteiger partial charge < -0.3 is 9.84 Å². The molecule has 0 aliphatic carbocycles. The molecule has 1 rings (SSSR count). The van der Waals surface area contributed by atoms with Crippen LogP contribution < -0.4 is 10.1 Å².